The third-order valence-electron chi connectivity index (χ3n) is 2.87. The van der Waals surface area contributed by atoms with Crippen molar-refractivity contribution in [2.75, 3.05) is 6.61 Å². The number of benzene rings is 1. The first kappa shape index (κ1) is 16.2. The van der Waals surface area contributed by atoms with Crippen molar-refractivity contribution in [3.63, 3.8) is 0 Å². The van der Waals surface area contributed by atoms with Gasteiger partial charge in [-0.05, 0) is 30.4 Å². The van der Waals surface area contributed by atoms with Crippen molar-refractivity contribution in [2.24, 2.45) is 5.92 Å². The van der Waals surface area contributed by atoms with Gasteiger partial charge in [0.05, 0.1) is 6.61 Å². The second kappa shape index (κ2) is 7.68. The summed E-state index contributed by atoms with van der Waals surface area (Å²) in [6.07, 6.45) is 1.48. The first-order valence-corrected chi connectivity index (χ1v) is 6.93. The predicted octanol–water partition coefficient (Wildman–Crippen LogP) is 3.38. The molecule has 0 aliphatic heterocycles. The lowest BCUT2D eigenvalue weighted by molar-refractivity contribution is -0.131. The summed E-state index contributed by atoms with van der Waals surface area (Å²) in [4.78, 5) is 23.3. The molecule has 20 heavy (non-hydrogen) atoms. The van der Waals surface area contributed by atoms with Crippen molar-refractivity contribution in [1.29, 1.82) is 0 Å². The molecule has 0 heterocycles. The molecule has 0 bridgehead atoms. The van der Waals surface area contributed by atoms with Crippen LogP contribution < -0.4 is 4.74 Å². The van der Waals surface area contributed by atoms with Gasteiger partial charge in [-0.1, -0.05) is 32.9 Å². The third-order valence-corrected chi connectivity index (χ3v) is 2.87. The zero-order valence-corrected chi connectivity index (χ0v) is 12.6. The van der Waals surface area contributed by atoms with Gasteiger partial charge in [-0.3, -0.25) is 4.79 Å². The summed E-state index contributed by atoms with van der Waals surface area (Å²) in [5.74, 6) is -0.103. The SMILES string of the molecule is CCc1cccc(C(=O)OCCC(C)C)c1OC(C)=O. The fourth-order valence-electron chi connectivity index (χ4n) is 1.75. The molecule has 1 aromatic rings. The van der Waals surface area contributed by atoms with Crippen LogP contribution in [0.15, 0.2) is 18.2 Å². The monoisotopic (exact) mass is 278 g/mol. The summed E-state index contributed by atoms with van der Waals surface area (Å²) >= 11 is 0. The van der Waals surface area contributed by atoms with Crippen molar-refractivity contribution in [1.82, 2.24) is 0 Å². The fourth-order valence-corrected chi connectivity index (χ4v) is 1.75. The Labute approximate surface area is 120 Å². The summed E-state index contributed by atoms with van der Waals surface area (Å²) in [7, 11) is 0. The van der Waals surface area contributed by atoms with E-state index < -0.39 is 11.9 Å². The Kier molecular flexibility index (Phi) is 6.22. The number of carbonyl (C=O) groups is 2. The van der Waals surface area contributed by atoms with Crippen LogP contribution in [-0.4, -0.2) is 18.5 Å². The number of hydrogen-bond acceptors (Lipinski definition) is 4. The maximum absolute atomic E-state index is 12.1. The Hall–Kier alpha value is -1.84. The topological polar surface area (TPSA) is 52.6 Å². The molecule has 0 radical (unpaired) electrons. The smallest absolute Gasteiger partial charge is 0.341 e. The van der Waals surface area contributed by atoms with Crippen LogP contribution in [0, 0.1) is 5.92 Å². The number of esters is 2. The van der Waals surface area contributed by atoms with Gasteiger partial charge in [-0.2, -0.15) is 0 Å². The Bertz CT molecular complexity index is 477. The average Bonchev–Trinajstić information content (AvgIpc) is 2.37. The van der Waals surface area contributed by atoms with Crippen molar-refractivity contribution in [3.8, 4) is 5.75 Å². The van der Waals surface area contributed by atoms with Crippen LogP contribution in [0.3, 0.4) is 0 Å². The van der Waals surface area contributed by atoms with Crippen LogP contribution in [0.5, 0.6) is 5.75 Å². The van der Waals surface area contributed by atoms with E-state index in [-0.39, 0.29) is 0 Å². The van der Waals surface area contributed by atoms with Crippen LogP contribution >= 0.6 is 0 Å². The number of hydrogen-bond donors (Lipinski definition) is 0. The Morgan fingerprint density at radius 3 is 2.50 bits per heavy atom. The van der Waals surface area contributed by atoms with Crippen LogP contribution in [0.2, 0.25) is 0 Å². The molecule has 0 atom stereocenters. The third kappa shape index (κ3) is 4.68. The molecule has 0 saturated heterocycles. The van der Waals surface area contributed by atoms with Crippen LogP contribution in [0.4, 0.5) is 0 Å². The highest BCUT2D eigenvalue weighted by Gasteiger charge is 2.18. The van der Waals surface area contributed by atoms with E-state index in [0.29, 0.717) is 30.3 Å². The number of rotatable bonds is 6. The van der Waals surface area contributed by atoms with Gasteiger partial charge in [0.15, 0.2) is 0 Å². The maximum Gasteiger partial charge on any atom is 0.341 e. The van der Waals surface area contributed by atoms with Gasteiger partial charge in [0.25, 0.3) is 0 Å². The lowest BCUT2D eigenvalue weighted by Crippen LogP contribution is -2.13. The minimum Gasteiger partial charge on any atom is -0.462 e. The quantitative estimate of drug-likeness (QED) is 0.591. The van der Waals surface area contributed by atoms with Crippen molar-refractivity contribution in [3.05, 3.63) is 29.3 Å². The fraction of sp³-hybridized carbons (Fsp3) is 0.500. The van der Waals surface area contributed by atoms with Crippen molar-refractivity contribution in [2.45, 2.75) is 40.5 Å². The molecule has 1 rings (SSSR count). The summed E-state index contributed by atoms with van der Waals surface area (Å²) < 4.78 is 10.4. The van der Waals surface area contributed by atoms with Crippen LogP contribution in [0.1, 0.15) is 50.0 Å². The van der Waals surface area contributed by atoms with Gasteiger partial charge in [-0.25, -0.2) is 4.79 Å². The van der Waals surface area contributed by atoms with Crippen LogP contribution in [-0.2, 0) is 16.0 Å². The van der Waals surface area contributed by atoms with Gasteiger partial charge in [0, 0.05) is 6.92 Å². The van der Waals surface area contributed by atoms with Gasteiger partial charge in [-0.15, -0.1) is 0 Å². The molecule has 0 amide bonds. The number of ether oxygens (including phenoxy) is 2. The molecular formula is C16H22O4. The molecule has 110 valence electrons. The second-order valence-electron chi connectivity index (χ2n) is 5.06. The molecule has 0 saturated carbocycles. The lowest BCUT2D eigenvalue weighted by atomic mass is 10.1. The van der Waals surface area contributed by atoms with Gasteiger partial charge < -0.3 is 9.47 Å². The number of aryl methyl sites for hydroxylation is 1. The minimum absolute atomic E-state index is 0.309. The zero-order valence-electron chi connectivity index (χ0n) is 12.6. The first-order chi connectivity index (χ1) is 9.45. The zero-order chi connectivity index (χ0) is 15.1. The average molecular weight is 278 g/mol. The molecule has 0 unspecified atom stereocenters. The number of para-hydroxylation sites is 1. The molecule has 0 N–H and O–H groups in total. The summed E-state index contributed by atoms with van der Waals surface area (Å²) in [6.45, 7) is 7.76. The molecule has 4 nitrogen and oxygen atoms in total. The maximum atomic E-state index is 12.1. The largest absolute Gasteiger partial charge is 0.462 e. The first-order valence-electron chi connectivity index (χ1n) is 6.93. The summed E-state index contributed by atoms with van der Waals surface area (Å²) in [5.41, 5.74) is 1.13. The van der Waals surface area contributed by atoms with E-state index in [4.69, 9.17) is 9.47 Å². The summed E-state index contributed by atoms with van der Waals surface area (Å²) in [6, 6.07) is 5.23. The molecule has 0 aliphatic rings. The van der Waals surface area contributed by atoms with Gasteiger partial charge in [0.1, 0.15) is 11.3 Å². The number of carbonyl (C=O) groups excluding carboxylic acids is 2. The van der Waals surface area contributed by atoms with E-state index in [1.807, 2.05) is 13.0 Å². The Morgan fingerprint density at radius 2 is 1.95 bits per heavy atom. The summed E-state index contributed by atoms with van der Waals surface area (Å²) in [5, 5.41) is 0. The van der Waals surface area contributed by atoms with Crippen molar-refractivity contribution >= 4 is 11.9 Å². The highest BCUT2D eigenvalue weighted by Crippen LogP contribution is 2.26. The van der Waals surface area contributed by atoms with E-state index >= 15 is 0 Å². The van der Waals surface area contributed by atoms with E-state index in [1.165, 1.54) is 6.92 Å². The second-order valence-corrected chi connectivity index (χ2v) is 5.06. The standard InChI is InChI=1S/C16H22O4/c1-5-13-7-6-8-14(15(13)20-12(4)17)16(18)19-10-9-11(2)3/h6-8,11H,5,9-10H2,1-4H3. The van der Waals surface area contributed by atoms with Gasteiger partial charge >= 0.3 is 11.9 Å². The van der Waals surface area contributed by atoms with E-state index in [2.05, 4.69) is 13.8 Å². The minimum atomic E-state index is -0.447. The highest BCUT2D eigenvalue weighted by atomic mass is 16.5. The Balaban J connectivity index is 2.92. The normalized spacial score (nSPS) is 10.4. The van der Waals surface area contributed by atoms with Gasteiger partial charge in [0.2, 0.25) is 0 Å². The Morgan fingerprint density at radius 1 is 1.25 bits per heavy atom. The molecule has 0 aromatic heterocycles. The molecule has 1 aromatic carbocycles. The highest BCUT2D eigenvalue weighted by molar-refractivity contribution is 5.94. The van der Waals surface area contributed by atoms with Crippen molar-refractivity contribution < 1.29 is 19.1 Å². The lowest BCUT2D eigenvalue weighted by Gasteiger charge is -2.13. The molecule has 0 spiro atoms. The van der Waals surface area contributed by atoms with E-state index in [0.717, 1.165) is 12.0 Å². The van der Waals surface area contributed by atoms with E-state index in [9.17, 15) is 9.59 Å². The molecular weight excluding hydrogens is 256 g/mol. The van der Waals surface area contributed by atoms with E-state index in [1.54, 1.807) is 12.1 Å². The molecule has 0 fully saturated rings. The van der Waals surface area contributed by atoms with Crippen LogP contribution in [0.25, 0.3) is 0 Å². The predicted molar refractivity (Wildman–Crippen MR) is 76.9 cm³/mol. The molecule has 4 heteroatoms. The molecule has 0 aliphatic carbocycles.